The second kappa shape index (κ2) is 4.55. The molecule has 9 heteroatoms. The monoisotopic (exact) mass is 283 g/mol. The van der Waals surface area contributed by atoms with Crippen molar-refractivity contribution in [3.63, 3.8) is 0 Å². The van der Waals surface area contributed by atoms with Crippen molar-refractivity contribution in [3.8, 4) is 0 Å². The Morgan fingerprint density at radius 2 is 1.65 bits per heavy atom. The molecule has 0 aliphatic carbocycles. The van der Waals surface area contributed by atoms with Crippen LogP contribution in [-0.2, 0) is 4.79 Å². The largest absolute Gasteiger partial charge is 0.409 e. The van der Waals surface area contributed by atoms with Crippen LogP contribution in [0.3, 0.4) is 0 Å². The molecular weight excluding hydrogens is 276 g/mol. The Morgan fingerprint density at radius 1 is 1.18 bits per heavy atom. The lowest BCUT2D eigenvalue weighted by atomic mass is 10.1. The third kappa shape index (κ3) is 3.40. The molecule has 0 aromatic carbocycles. The van der Waals surface area contributed by atoms with Crippen molar-refractivity contribution in [2.45, 2.75) is 24.2 Å². The molecule has 0 saturated carbocycles. The first-order chi connectivity index (χ1) is 7.53. The Labute approximate surface area is 97.5 Å². The van der Waals surface area contributed by atoms with E-state index in [0.717, 1.165) is 0 Å². The number of carbonyl (C=O) groups excluding carboxylic acids is 1. The summed E-state index contributed by atoms with van der Waals surface area (Å²) in [5.41, 5.74) is 0. The van der Waals surface area contributed by atoms with Gasteiger partial charge in [-0.2, -0.15) is 26.3 Å². The van der Waals surface area contributed by atoms with Crippen molar-refractivity contribution >= 4 is 17.5 Å². The van der Waals surface area contributed by atoms with Crippen LogP contribution in [-0.4, -0.2) is 41.6 Å². The predicted molar refractivity (Wildman–Crippen MR) is 46.4 cm³/mol. The van der Waals surface area contributed by atoms with Crippen molar-refractivity contribution in [2.24, 2.45) is 5.92 Å². The molecule has 1 rings (SSSR count). The SMILES string of the molecule is O=C(C(C(F)(F)F)C(F)(F)F)N1CCC(Cl)C1. The van der Waals surface area contributed by atoms with E-state index in [0.29, 0.717) is 4.90 Å². The Kier molecular flexibility index (Phi) is 3.85. The predicted octanol–water partition coefficient (Wildman–Crippen LogP) is 2.57. The molecule has 0 N–H and O–H groups in total. The molecule has 1 atom stereocenters. The highest BCUT2D eigenvalue weighted by Gasteiger charge is 2.62. The van der Waals surface area contributed by atoms with Crippen LogP contribution >= 0.6 is 11.6 Å². The highest BCUT2D eigenvalue weighted by molar-refractivity contribution is 6.21. The summed E-state index contributed by atoms with van der Waals surface area (Å²) in [6.45, 7) is -0.474. The third-order valence-corrected chi connectivity index (χ3v) is 2.70. The van der Waals surface area contributed by atoms with Crippen LogP contribution in [0.2, 0.25) is 0 Å². The van der Waals surface area contributed by atoms with E-state index in [4.69, 9.17) is 11.6 Å². The topological polar surface area (TPSA) is 20.3 Å². The van der Waals surface area contributed by atoms with Crippen LogP contribution in [0, 0.1) is 5.92 Å². The fourth-order valence-corrected chi connectivity index (χ4v) is 1.83. The molecule has 1 aliphatic heterocycles. The summed E-state index contributed by atoms with van der Waals surface area (Å²) in [5.74, 6) is -5.94. The molecule has 1 aliphatic rings. The lowest BCUT2D eigenvalue weighted by Gasteiger charge is -2.26. The fourth-order valence-electron chi connectivity index (χ4n) is 1.57. The molecule has 1 amide bonds. The van der Waals surface area contributed by atoms with Gasteiger partial charge >= 0.3 is 12.4 Å². The van der Waals surface area contributed by atoms with Crippen LogP contribution < -0.4 is 0 Å². The second-order valence-corrected chi connectivity index (χ2v) is 4.30. The van der Waals surface area contributed by atoms with Gasteiger partial charge in [0, 0.05) is 13.1 Å². The van der Waals surface area contributed by atoms with Crippen LogP contribution in [0.1, 0.15) is 6.42 Å². The van der Waals surface area contributed by atoms with Crippen molar-refractivity contribution in [2.75, 3.05) is 13.1 Å². The Morgan fingerprint density at radius 3 is 1.94 bits per heavy atom. The summed E-state index contributed by atoms with van der Waals surface area (Å²) < 4.78 is 73.3. The zero-order valence-electron chi connectivity index (χ0n) is 8.28. The fraction of sp³-hybridized carbons (Fsp3) is 0.875. The van der Waals surface area contributed by atoms with Gasteiger partial charge in [0.2, 0.25) is 11.8 Å². The molecule has 0 aromatic rings. The van der Waals surface area contributed by atoms with Gasteiger partial charge in [-0.05, 0) is 6.42 Å². The Bertz CT molecular complexity index is 287. The van der Waals surface area contributed by atoms with Gasteiger partial charge in [0.15, 0.2) is 0 Å². The standard InChI is InChI=1S/C8H8ClF6NO/c9-4-1-2-16(3-4)6(17)5(7(10,11)12)8(13,14)15/h4-5H,1-3H2. The van der Waals surface area contributed by atoms with Gasteiger partial charge in [-0.15, -0.1) is 11.6 Å². The number of hydrogen-bond acceptors (Lipinski definition) is 1. The minimum absolute atomic E-state index is 0.185. The van der Waals surface area contributed by atoms with E-state index >= 15 is 0 Å². The first-order valence-electron chi connectivity index (χ1n) is 4.59. The molecule has 0 aromatic heterocycles. The van der Waals surface area contributed by atoms with E-state index in [1.807, 2.05) is 0 Å². The Hall–Kier alpha value is -0.660. The lowest BCUT2D eigenvalue weighted by molar-refractivity contribution is -0.277. The molecular formula is C8H8ClF6NO. The first kappa shape index (κ1) is 14.4. The lowest BCUT2D eigenvalue weighted by Crippen LogP contribution is -2.49. The molecule has 0 bridgehead atoms. The number of alkyl halides is 7. The zero-order chi connectivity index (χ0) is 13.4. The molecule has 0 radical (unpaired) electrons. The number of hydrogen-bond donors (Lipinski definition) is 0. The minimum atomic E-state index is -5.64. The third-order valence-electron chi connectivity index (χ3n) is 2.34. The Balaban J connectivity index is 2.89. The zero-order valence-corrected chi connectivity index (χ0v) is 9.03. The molecule has 100 valence electrons. The van der Waals surface area contributed by atoms with Gasteiger partial charge in [-0.3, -0.25) is 4.79 Å². The molecule has 1 unspecified atom stereocenters. The average Bonchev–Trinajstić information content (AvgIpc) is 2.45. The molecule has 0 spiro atoms. The van der Waals surface area contributed by atoms with E-state index in [1.54, 1.807) is 0 Å². The summed E-state index contributed by atoms with van der Waals surface area (Å²) >= 11 is 5.53. The van der Waals surface area contributed by atoms with Crippen molar-refractivity contribution < 1.29 is 31.1 Å². The number of halogens is 7. The van der Waals surface area contributed by atoms with Crippen LogP contribution in [0.4, 0.5) is 26.3 Å². The molecule has 1 heterocycles. The van der Waals surface area contributed by atoms with Gasteiger partial charge in [0.05, 0.1) is 5.38 Å². The average molecular weight is 284 g/mol. The van der Waals surface area contributed by atoms with E-state index in [-0.39, 0.29) is 19.5 Å². The summed E-state index contributed by atoms with van der Waals surface area (Å²) in [6, 6.07) is 0. The second-order valence-electron chi connectivity index (χ2n) is 3.69. The highest BCUT2D eigenvalue weighted by Crippen LogP contribution is 2.40. The van der Waals surface area contributed by atoms with Crippen LogP contribution in [0.25, 0.3) is 0 Å². The number of nitrogens with zero attached hydrogens (tertiary/aromatic N) is 1. The molecule has 1 saturated heterocycles. The van der Waals surface area contributed by atoms with Crippen molar-refractivity contribution in [1.29, 1.82) is 0 Å². The van der Waals surface area contributed by atoms with Gasteiger partial charge in [-0.25, -0.2) is 0 Å². The van der Waals surface area contributed by atoms with E-state index in [2.05, 4.69) is 0 Å². The van der Waals surface area contributed by atoms with Crippen molar-refractivity contribution in [1.82, 2.24) is 4.90 Å². The number of carbonyl (C=O) groups is 1. The number of rotatable bonds is 1. The first-order valence-corrected chi connectivity index (χ1v) is 5.03. The van der Waals surface area contributed by atoms with E-state index in [9.17, 15) is 31.1 Å². The maximum absolute atomic E-state index is 12.2. The molecule has 17 heavy (non-hydrogen) atoms. The van der Waals surface area contributed by atoms with E-state index in [1.165, 1.54) is 0 Å². The van der Waals surface area contributed by atoms with Crippen LogP contribution in [0.5, 0.6) is 0 Å². The summed E-state index contributed by atoms with van der Waals surface area (Å²) in [5, 5.41) is -0.596. The minimum Gasteiger partial charge on any atom is -0.340 e. The molecule has 2 nitrogen and oxygen atoms in total. The summed E-state index contributed by atoms with van der Waals surface area (Å²) in [4.78, 5) is 11.7. The molecule has 1 fully saturated rings. The van der Waals surface area contributed by atoms with E-state index < -0.39 is 29.6 Å². The smallest absolute Gasteiger partial charge is 0.340 e. The maximum Gasteiger partial charge on any atom is 0.409 e. The van der Waals surface area contributed by atoms with Crippen LogP contribution in [0.15, 0.2) is 0 Å². The maximum atomic E-state index is 12.2. The van der Waals surface area contributed by atoms with Gasteiger partial charge in [0.1, 0.15) is 0 Å². The highest BCUT2D eigenvalue weighted by atomic mass is 35.5. The normalized spacial score (nSPS) is 22.4. The summed E-state index contributed by atoms with van der Waals surface area (Å²) in [7, 11) is 0. The summed E-state index contributed by atoms with van der Waals surface area (Å²) in [6.07, 6.45) is -11.1. The number of amides is 1. The number of likely N-dealkylation sites (tertiary alicyclic amines) is 1. The van der Waals surface area contributed by atoms with Gasteiger partial charge in [0.25, 0.3) is 0 Å². The van der Waals surface area contributed by atoms with Gasteiger partial charge < -0.3 is 4.90 Å². The van der Waals surface area contributed by atoms with Gasteiger partial charge in [-0.1, -0.05) is 0 Å². The van der Waals surface area contributed by atoms with Crippen molar-refractivity contribution in [3.05, 3.63) is 0 Å². The quantitative estimate of drug-likeness (QED) is 0.535.